The highest BCUT2D eigenvalue weighted by molar-refractivity contribution is 7.85. The number of carbonyl (C=O) groups is 3. The molecule has 13 nitrogen and oxygen atoms in total. The summed E-state index contributed by atoms with van der Waals surface area (Å²) in [6.45, 7) is -0.338. The van der Waals surface area contributed by atoms with Crippen molar-refractivity contribution in [2.75, 3.05) is 18.8 Å². The summed E-state index contributed by atoms with van der Waals surface area (Å²) in [6, 6.07) is -2.79. The first-order valence-corrected chi connectivity index (χ1v) is 8.59. The third-order valence-electron chi connectivity index (χ3n) is 2.74. The number of carboxylic acids is 1. The van der Waals surface area contributed by atoms with E-state index in [1.807, 2.05) is 5.32 Å². The number of aliphatic imine (C=N–C) groups is 1. The molecule has 0 bridgehead atoms. The second-order valence-electron chi connectivity index (χ2n) is 4.98. The van der Waals surface area contributed by atoms with Crippen LogP contribution in [0.1, 0.15) is 12.8 Å². The van der Waals surface area contributed by atoms with Crippen LogP contribution >= 0.6 is 0 Å². The largest absolute Gasteiger partial charge is 0.480 e. The molecular formula is C11H22N6O7S. The van der Waals surface area contributed by atoms with Crippen molar-refractivity contribution in [2.45, 2.75) is 24.9 Å². The summed E-state index contributed by atoms with van der Waals surface area (Å²) in [4.78, 5) is 37.8. The van der Waals surface area contributed by atoms with Gasteiger partial charge in [0.25, 0.3) is 10.1 Å². The maximum atomic E-state index is 11.7. The van der Waals surface area contributed by atoms with Gasteiger partial charge in [-0.25, -0.2) is 4.79 Å². The van der Waals surface area contributed by atoms with E-state index in [4.69, 9.17) is 26.9 Å². The van der Waals surface area contributed by atoms with Gasteiger partial charge in [-0.05, 0) is 12.8 Å². The van der Waals surface area contributed by atoms with Crippen molar-refractivity contribution in [3.63, 3.8) is 0 Å². The summed E-state index contributed by atoms with van der Waals surface area (Å²) in [5.41, 5.74) is 15.8. The molecule has 0 saturated carbocycles. The van der Waals surface area contributed by atoms with Crippen LogP contribution in [0.25, 0.3) is 0 Å². The monoisotopic (exact) mass is 382 g/mol. The van der Waals surface area contributed by atoms with Crippen LogP contribution in [0.3, 0.4) is 0 Å². The molecule has 2 amide bonds. The van der Waals surface area contributed by atoms with Crippen molar-refractivity contribution in [1.82, 2.24) is 10.6 Å². The molecule has 25 heavy (non-hydrogen) atoms. The molecule has 0 aromatic rings. The zero-order valence-electron chi connectivity index (χ0n) is 13.2. The van der Waals surface area contributed by atoms with Gasteiger partial charge in [0, 0.05) is 6.54 Å². The fourth-order valence-corrected chi connectivity index (χ4v) is 2.23. The summed E-state index contributed by atoms with van der Waals surface area (Å²) in [6.07, 6.45) is 0.666. The van der Waals surface area contributed by atoms with Gasteiger partial charge >= 0.3 is 5.97 Å². The van der Waals surface area contributed by atoms with Gasteiger partial charge in [-0.1, -0.05) is 0 Å². The minimum absolute atomic E-state index is 0.0902. The Balaban J connectivity index is 4.31. The van der Waals surface area contributed by atoms with Gasteiger partial charge in [0.15, 0.2) is 5.96 Å². The third-order valence-corrected chi connectivity index (χ3v) is 3.49. The van der Waals surface area contributed by atoms with E-state index in [0.29, 0.717) is 6.42 Å². The Hall–Kier alpha value is -2.45. The highest BCUT2D eigenvalue weighted by atomic mass is 32.2. The lowest BCUT2D eigenvalue weighted by Gasteiger charge is -2.14. The van der Waals surface area contributed by atoms with Crippen molar-refractivity contribution in [1.29, 1.82) is 0 Å². The lowest BCUT2D eigenvalue weighted by molar-refractivity contribution is -0.141. The van der Waals surface area contributed by atoms with E-state index in [1.54, 1.807) is 0 Å². The van der Waals surface area contributed by atoms with Crippen molar-refractivity contribution >= 4 is 33.9 Å². The van der Waals surface area contributed by atoms with E-state index in [9.17, 15) is 22.8 Å². The number of nitrogens with one attached hydrogen (secondary N) is 2. The molecule has 10 N–H and O–H groups in total. The normalized spacial score (nSPS) is 13.4. The van der Waals surface area contributed by atoms with Crippen LogP contribution in [0.2, 0.25) is 0 Å². The van der Waals surface area contributed by atoms with E-state index < -0.39 is 52.3 Å². The SMILES string of the molecule is NC(N)=NCCC[C@H](N)C(=O)NCC(=O)NC(CS(=O)(=O)O)C(=O)O. The van der Waals surface area contributed by atoms with Crippen LogP contribution in [-0.2, 0) is 24.5 Å². The van der Waals surface area contributed by atoms with E-state index in [2.05, 4.69) is 10.3 Å². The van der Waals surface area contributed by atoms with Gasteiger partial charge in [0.05, 0.1) is 12.6 Å². The predicted octanol–water partition coefficient (Wildman–Crippen LogP) is -4.06. The Kier molecular flexibility index (Phi) is 9.40. The number of amides is 2. The predicted molar refractivity (Wildman–Crippen MR) is 86.9 cm³/mol. The van der Waals surface area contributed by atoms with Crippen LogP contribution < -0.4 is 27.8 Å². The summed E-state index contributed by atoms with van der Waals surface area (Å²) < 4.78 is 30.0. The van der Waals surface area contributed by atoms with Crippen molar-refractivity contribution in [3.8, 4) is 0 Å². The Morgan fingerprint density at radius 1 is 1.20 bits per heavy atom. The van der Waals surface area contributed by atoms with Gasteiger partial charge in [-0.15, -0.1) is 0 Å². The molecule has 0 rings (SSSR count). The summed E-state index contributed by atoms with van der Waals surface area (Å²) in [5.74, 6) is -4.58. The van der Waals surface area contributed by atoms with E-state index in [1.165, 1.54) is 0 Å². The summed E-state index contributed by atoms with van der Waals surface area (Å²) in [7, 11) is -4.61. The van der Waals surface area contributed by atoms with Crippen LogP contribution in [-0.4, -0.2) is 72.7 Å². The number of nitrogens with zero attached hydrogens (tertiary/aromatic N) is 1. The Labute approximate surface area is 143 Å². The Bertz CT molecular complexity index is 616. The van der Waals surface area contributed by atoms with Crippen LogP contribution in [0.5, 0.6) is 0 Å². The summed E-state index contributed by atoms with van der Waals surface area (Å²) in [5, 5.41) is 12.8. The molecule has 0 fully saturated rings. The molecule has 0 aromatic heterocycles. The maximum absolute atomic E-state index is 11.7. The van der Waals surface area contributed by atoms with Gasteiger partial charge in [0.2, 0.25) is 11.8 Å². The minimum atomic E-state index is -4.61. The molecule has 0 aromatic carbocycles. The molecular weight excluding hydrogens is 360 g/mol. The zero-order chi connectivity index (χ0) is 19.6. The molecule has 1 unspecified atom stereocenters. The van der Waals surface area contributed by atoms with Gasteiger partial charge in [0.1, 0.15) is 11.8 Å². The lowest BCUT2D eigenvalue weighted by Crippen LogP contribution is -2.50. The average molecular weight is 382 g/mol. The minimum Gasteiger partial charge on any atom is -0.480 e. The van der Waals surface area contributed by atoms with Crippen LogP contribution in [0, 0.1) is 0 Å². The molecule has 0 heterocycles. The molecule has 0 saturated heterocycles. The highest BCUT2D eigenvalue weighted by Gasteiger charge is 2.26. The van der Waals surface area contributed by atoms with E-state index >= 15 is 0 Å². The second-order valence-corrected chi connectivity index (χ2v) is 6.48. The Morgan fingerprint density at radius 3 is 2.28 bits per heavy atom. The number of carbonyl (C=O) groups excluding carboxylic acids is 2. The van der Waals surface area contributed by atoms with Gasteiger partial charge < -0.3 is 32.9 Å². The smallest absolute Gasteiger partial charge is 0.327 e. The number of nitrogens with two attached hydrogens (primary N) is 3. The van der Waals surface area contributed by atoms with Crippen LogP contribution in [0.4, 0.5) is 0 Å². The number of hydrogen-bond donors (Lipinski definition) is 7. The topological polar surface area (TPSA) is 240 Å². The first-order chi connectivity index (χ1) is 11.4. The molecule has 14 heteroatoms. The van der Waals surface area contributed by atoms with Gasteiger partial charge in [-0.3, -0.25) is 19.1 Å². The number of hydrogen-bond acceptors (Lipinski definition) is 7. The zero-order valence-corrected chi connectivity index (χ0v) is 14.0. The highest BCUT2D eigenvalue weighted by Crippen LogP contribution is 1.96. The Morgan fingerprint density at radius 2 is 1.80 bits per heavy atom. The first-order valence-electron chi connectivity index (χ1n) is 6.98. The molecule has 0 radical (unpaired) electrons. The molecule has 0 aliphatic heterocycles. The number of guanidine groups is 1. The lowest BCUT2D eigenvalue weighted by atomic mass is 10.1. The van der Waals surface area contributed by atoms with Crippen molar-refractivity contribution in [3.05, 3.63) is 0 Å². The van der Waals surface area contributed by atoms with Crippen LogP contribution in [0.15, 0.2) is 4.99 Å². The number of carboxylic acid groups (broad SMARTS) is 1. The quantitative estimate of drug-likeness (QED) is 0.0788. The number of aliphatic carboxylic acids is 1. The standard InChI is InChI=1S/C11H22N6O7S/c12-6(2-1-3-15-11(13)14)9(19)16-4-8(18)17-7(10(20)21)5-25(22,23)24/h6-7H,1-5,12H2,(H,16,19)(H,17,18)(H,20,21)(H4,13,14,15)(H,22,23,24)/t6-,7?/m0/s1. The molecule has 0 spiro atoms. The second kappa shape index (κ2) is 10.4. The fourth-order valence-electron chi connectivity index (χ4n) is 1.58. The molecule has 2 atom stereocenters. The summed E-state index contributed by atoms with van der Waals surface area (Å²) >= 11 is 0. The average Bonchev–Trinajstić information content (AvgIpc) is 2.46. The van der Waals surface area contributed by atoms with Gasteiger partial charge in [-0.2, -0.15) is 8.42 Å². The molecule has 144 valence electrons. The molecule has 0 aliphatic carbocycles. The van der Waals surface area contributed by atoms with Crippen molar-refractivity contribution < 1.29 is 32.5 Å². The van der Waals surface area contributed by atoms with Crippen molar-refractivity contribution in [2.24, 2.45) is 22.2 Å². The fraction of sp³-hybridized carbons (Fsp3) is 0.636. The van der Waals surface area contributed by atoms with E-state index in [0.717, 1.165) is 0 Å². The third kappa shape index (κ3) is 11.7. The molecule has 0 aliphatic rings. The first kappa shape index (κ1) is 22.6. The maximum Gasteiger partial charge on any atom is 0.327 e. The van der Waals surface area contributed by atoms with E-state index in [-0.39, 0.29) is 18.9 Å². The number of rotatable bonds is 11.